The molecule has 3 aromatic rings. The van der Waals surface area contributed by atoms with Crippen LogP contribution in [0.1, 0.15) is 31.4 Å². The first kappa shape index (κ1) is 24.5. The van der Waals surface area contributed by atoms with Crippen LogP contribution in [-0.2, 0) is 16.0 Å². The standard InChI is InChI=1S/C28H31FO4/c1-19(2)28(31)33-16-15-32-27-17-21(5-4-14-30)8-12-25(27)24-13-11-23(18-26(24)29)22-9-6-20(3)7-10-22/h6-13,17-19,30H,4-5,14-16H2,1-3H3. The lowest BCUT2D eigenvalue weighted by Crippen LogP contribution is -2.16. The first-order chi connectivity index (χ1) is 15.9. The number of hydrogen-bond donors (Lipinski definition) is 1. The Bertz CT molecular complexity index is 1070. The van der Waals surface area contributed by atoms with E-state index in [4.69, 9.17) is 14.6 Å². The van der Waals surface area contributed by atoms with E-state index in [9.17, 15) is 4.79 Å². The number of esters is 1. The lowest BCUT2D eigenvalue weighted by molar-refractivity contribution is -0.148. The summed E-state index contributed by atoms with van der Waals surface area (Å²) in [6.45, 7) is 5.94. The molecular weight excluding hydrogens is 419 g/mol. The number of rotatable bonds is 10. The summed E-state index contributed by atoms with van der Waals surface area (Å²) in [6.07, 6.45) is 1.31. The third kappa shape index (κ3) is 6.65. The Morgan fingerprint density at radius 2 is 1.64 bits per heavy atom. The zero-order chi connectivity index (χ0) is 23.8. The van der Waals surface area contributed by atoms with E-state index in [0.29, 0.717) is 29.7 Å². The maximum absolute atomic E-state index is 15.2. The molecule has 0 bridgehead atoms. The van der Waals surface area contributed by atoms with Gasteiger partial charge in [0, 0.05) is 17.7 Å². The fraction of sp³-hybridized carbons (Fsp3) is 0.321. The highest BCUT2D eigenvalue weighted by Crippen LogP contribution is 2.35. The summed E-state index contributed by atoms with van der Waals surface area (Å²) in [5, 5.41) is 9.14. The Morgan fingerprint density at radius 3 is 2.30 bits per heavy atom. The third-order valence-electron chi connectivity index (χ3n) is 5.37. The summed E-state index contributed by atoms with van der Waals surface area (Å²) in [5.41, 5.74) is 4.96. The van der Waals surface area contributed by atoms with Crippen LogP contribution >= 0.6 is 0 Å². The molecule has 0 aliphatic carbocycles. The van der Waals surface area contributed by atoms with Gasteiger partial charge in [0.1, 0.15) is 24.8 Å². The lowest BCUT2D eigenvalue weighted by atomic mass is 9.97. The highest BCUT2D eigenvalue weighted by molar-refractivity contribution is 5.75. The van der Waals surface area contributed by atoms with E-state index >= 15 is 4.39 Å². The van der Waals surface area contributed by atoms with Gasteiger partial charge in [-0.1, -0.05) is 67.9 Å². The van der Waals surface area contributed by atoms with Crippen LogP contribution in [0.15, 0.2) is 60.7 Å². The van der Waals surface area contributed by atoms with E-state index in [-0.39, 0.29) is 37.5 Å². The van der Waals surface area contributed by atoms with Gasteiger partial charge in [0.05, 0.1) is 5.92 Å². The molecule has 0 aliphatic rings. The molecule has 0 aromatic heterocycles. The van der Waals surface area contributed by atoms with Gasteiger partial charge in [0.25, 0.3) is 0 Å². The Balaban J connectivity index is 1.85. The van der Waals surface area contributed by atoms with Gasteiger partial charge in [-0.25, -0.2) is 4.39 Å². The summed E-state index contributed by atoms with van der Waals surface area (Å²) in [6, 6.07) is 18.8. The molecule has 0 atom stereocenters. The molecule has 5 heteroatoms. The topological polar surface area (TPSA) is 55.8 Å². The number of carbonyl (C=O) groups excluding carboxylic acids is 1. The van der Waals surface area contributed by atoms with Crippen LogP contribution in [0, 0.1) is 18.7 Å². The van der Waals surface area contributed by atoms with Gasteiger partial charge in [0.2, 0.25) is 0 Å². The molecule has 0 heterocycles. The molecule has 0 amide bonds. The highest BCUT2D eigenvalue weighted by Gasteiger charge is 2.14. The fourth-order valence-corrected chi connectivity index (χ4v) is 3.47. The zero-order valence-electron chi connectivity index (χ0n) is 19.4. The van der Waals surface area contributed by atoms with Crippen LogP contribution in [0.25, 0.3) is 22.3 Å². The van der Waals surface area contributed by atoms with Crippen LogP contribution in [0.5, 0.6) is 5.75 Å². The smallest absolute Gasteiger partial charge is 0.308 e. The average molecular weight is 451 g/mol. The molecule has 1 N–H and O–H groups in total. The monoisotopic (exact) mass is 450 g/mol. The van der Waals surface area contributed by atoms with E-state index in [2.05, 4.69) is 0 Å². The Morgan fingerprint density at radius 1 is 0.939 bits per heavy atom. The lowest BCUT2D eigenvalue weighted by Gasteiger charge is -2.15. The van der Waals surface area contributed by atoms with E-state index in [1.165, 1.54) is 6.07 Å². The quantitative estimate of drug-likeness (QED) is 0.305. The van der Waals surface area contributed by atoms with Gasteiger partial charge >= 0.3 is 5.97 Å². The van der Waals surface area contributed by atoms with Gasteiger partial charge in [-0.05, 0) is 48.6 Å². The van der Waals surface area contributed by atoms with E-state index < -0.39 is 0 Å². The van der Waals surface area contributed by atoms with Crippen LogP contribution in [0.2, 0.25) is 0 Å². The average Bonchev–Trinajstić information content (AvgIpc) is 2.81. The molecule has 0 radical (unpaired) electrons. The Kier molecular flexibility index (Phi) is 8.61. The second-order valence-corrected chi connectivity index (χ2v) is 8.39. The number of aliphatic hydroxyl groups is 1. The van der Waals surface area contributed by atoms with Crippen molar-refractivity contribution < 1.29 is 23.8 Å². The number of aliphatic hydroxyl groups excluding tert-OH is 1. The van der Waals surface area contributed by atoms with Crippen LogP contribution in [0.4, 0.5) is 4.39 Å². The number of benzene rings is 3. The normalized spacial score (nSPS) is 11.0. The predicted molar refractivity (Wildman–Crippen MR) is 129 cm³/mol. The minimum absolute atomic E-state index is 0.0954. The number of carbonyl (C=O) groups is 1. The fourth-order valence-electron chi connectivity index (χ4n) is 3.47. The molecular formula is C28H31FO4. The number of ether oxygens (including phenoxy) is 2. The summed E-state index contributed by atoms with van der Waals surface area (Å²) >= 11 is 0. The maximum atomic E-state index is 15.2. The van der Waals surface area contributed by atoms with Gasteiger partial charge in [-0.2, -0.15) is 0 Å². The molecule has 0 unspecified atom stereocenters. The van der Waals surface area contributed by atoms with Gasteiger partial charge in [-0.3, -0.25) is 4.79 Å². The van der Waals surface area contributed by atoms with Crippen LogP contribution in [-0.4, -0.2) is 30.9 Å². The van der Waals surface area contributed by atoms with Crippen molar-refractivity contribution in [1.29, 1.82) is 0 Å². The van der Waals surface area contributed by atoms with E-state index in [0.717, 1.165) is 22.3 Å². The third-order valence-corrected chi connectivity index (χ3v) is 5.37. The highest BCUT2D eigenvalue weighted by atomic mass is 19.1. The molecule has 3 aromatic carbocycles. The molecule has 0 fully saturated rings. The molecule has 33 heavy (non-hydrogen) atoms. The molecule has 0 aliphatic heterocycles. The second kappa shape index (κ2) is 11.6. The minimum atomic E-state index is -0.340. The van der Waals surface area contributed by atoms with Crippen molar-refractivity contribution in [2.45, 2.75) is 33.6 Å². The largest absolute Gasteiger partial charge is 0.489 e. The summed E-state index contributed by atoms with van der Waals surface area (Å²) in [5.74, 6) is -0.308. The first-order valence-electron chi connectivity index (χ1n) is 11.3. The van der Waals surface area contributed by atoms with Gasteiger partial charge in [0.15, 0.2) is 0 Å². The zero-order valence-corrected chi connectivity index (χ0v) is 19.4. The Labute approximate surface area is 195 Å². The van der Waals surface area contributed by atoms with Crippen molar-refractivity contribution in [2.24, 2.45) is 5.92 Å². The maximum Gasteiger partial charge on any atom is 0.308 e. The van der Waals surface area contributed by atoms with Crippen molar-refractivity contribution in [1.82, 2.24) is 0 Å². The van der Waals surface area contributed by atoms with Crippen molar-refractivity contribution in [2.75, 3.05) is 19.8 Å². The predicted octanol–water partition coefficient (Wildman–Crippen LogP) is 5.97. The first-order valence-corrected chi connectivity index (χ1v) is 11.3. The molecule has 4 nitrogen and oxygen atoms in total. The molecule has 0 saturated carbocycles. The van der Waals surface area contributed by atoms with Crippen LogP contribution < -0.4 is 4.74 Å². The van der Waals surface area contributed by atoms with Crippen LogP contribution in [0.3, 0.4) is 0 Å². The minimum Gasteiger partial charge on any atom is -0.489 e. The number of aryl methyl sites for hydroxylation is 2. The van der Waals surface area contributed by atoms with E-state index in [1.54, 1.807) is 19.9 Å². The Hall–Kier alpha value is -3.18. The van der Waals surface area contributed by atoms with Gasteiger partial charge < -0.3 is 14.6 Å². The summed E-state index contributed by atoms with van der Waals surface area (Å²) in [4.78, 5) is 11.7. The van der Waals surface area contributed by atoms with Crippen molar-refractivity contribution in [3.63, 3.8) is 0 Å². The van der Waals surface area contributed by atoms with Crippen molar-refractivity contribution in [3.8, 4) is 28.0 Å². The molecule has 0 saturated heterocycles. The number of hydrogen-bond acceptors (Lipinski definition) is 4. The van der Waals surface area contributed by atoms with Gasteiger partial charge in [-0.15, -0.1) is 0 Å². The van der Waals surface area contributed by atoms with E-state index in [1.807, 2.05) is 55.5 Å². The molecule has 174 valence electrons. The van der Waals surface area contributed by atoms with Crippen molar-refractivity contribution >= 4 is 5.97 Å². The summed E-state index contributed by atoms with van der Waals surface area (Å²) in [7, 11) is 0. The number of halogens is 1. The summed E-state index contributed by atoms with van der Waals surface area (Å²) < 4.78 is 26.3. The van der Waals surface area contributed by atoms with Crippen molar-refractivity contribution in [3.05, 3.63) is 77.6 Å². The second-order valence-electron chi connectivity index (χ2n) is 8.39. The SMILES string of the molecule is Cc1ccc(-c2ccc(-c3ccc(CCCO)cc3OCCOC(=O)C(C)C)c(F)c2)cc1. The molecule has 3 rings (SSSR count). The molecule has 0 spiro atoms.